The summed E-state index contributed by atoms with van der Waals surface area (Å²) in [6.07, 6.45) is 7.68. The summed E-state index contributed by atoms with van der Waals surface area (Å²) >= 11 is 10.1. The molecule has 75 heavy (non-hydrogen) atoms. The SMILES string of the molecule is C=C(C)/C(=C(/C)NC)c1c(Cl)ccc(/C(CCCOc2cccc3cc(F)ccc23)=C(\CC)C(=O)OCCBr)c1C.CC/C=C1\c2cccc(OCC(=O)N3CCN(CCC)CC3)c2CN1C(CCC)C(=O)NC=O. The number of ether oxygens (including phenoxy) is 3. The zero-order chi connectivity index (χ0) is 54.6. The van der Waals surface area contributed by atoms with Crippen LogP contribution in [0.4, 0.5) is 4.39 Å². The van der Waals surface area contributed by atoms with Gasteiger partial charge in [0.15, 0.2) is 6.61 Å². The highest BCUT2D eigenvalue weighted by molar-refractivity contribution is 9.09. The number of carbonyl (C=O) groups excluding carboxylic acids is 4. The Morgan fingerprint density at radius 2 is 1.67 bits per heavy atom. The highest BCUT2D eigenvalue weighted by atomic mass is 79.9. The van der Waals surface area contributed by atoms with E-state index in [0.717, 1.165) is 119 Å². The van der Waals surface area contributed by atoms with Crippen LogP contribution in [-0.4, -0.2) is 110 Å². The van der Waals surface area contributed by atoms with Crippen LogP contribution in [-0.2, 0) is 30.5 Å². The van der Waals surface area contributed by atoms with Crippen molar-refractivity contribution in [2.75, 3.05) is 64.9 Å². The fraction of sp³-hybridized carbons (Fsp3) is 0.433. The number of nitrogens with zero attached hydrogens (tertiary/aromatic N) is 3. The molecule has 2 aliphatic rings. The van der Waals surface area contributed by atoms with E-state index in [4.69, 9.17) is 25.8 Å². The van der Waals surface area contributed by atoms with E-state index in [1.807, 2.05) is 95.1 Å². The Kier molecular flexibility index (Phi) is 23.9. The van der Waals surface area contributed by atoms with Gasteiger partial charge < -0.3 is 29.3 Å². The summed E-state index contributed by atoms with van der Waals surface area (Å²) in [6, 6.07) is 19.5. The molecule has 15 heteroatoms. The van der Waals surface area contributed by atoms with Crippen molar-refractivity contribution in [3.63, 3.8) is 0 Å². The standard InChI is InChI=1S/C34H38BrClFNO3.C26H38N4O4/c1-7-26(34(39)41-19-17-35)29(11-9-18-40-31-12-8-10-24-20-25(37)13-14-28(24)31)27-15-16-30(36)33(22(27)4)32(21(2)3)23(5)38-6;1-4-8-22-20-10-7-11-24(21(20)17-30(22)23(9-5-2)26(33)27-19-31)34-18-25(32)29-15-13-28(12-6-3)14-16-29/h8,10,12-16,20,38H,2,7,9,11,17-19H2,1,3-6H3;7-8,10-11,19,23H,4-6,9,12-18H2,1-3H3,(H,27,31,33)/b29-26+,32-23+;22-8+. The molecule has 6 rings (SSSR count). The molecule has 1 fully saturated rings. The molecule has 0 radical (unpaired) electrons. The van der Waals surface area contributed by atoms with Crippen LogP contribution < -0.4 is 20.1 Å². The van der Waals surface area contributed by atoms with Gasteiger partial charge in [0.25, 0.3) is 5.91 Å². The van der Waals surface area contributed by atoms with E-state index in [0.29, 0.717) is 72.7 Å². The van der Waals surface area contributed by atoms with Gasteiger partial charge in [0.1, 0.15) is 30.0 Å². The number of halogens is 3. The lowest BCUT2D eigenvalue weighted by atomic mass is 9.86. The molecule has 0 spiro atoms. The molecule has 2 heterocycles. The number of amides is 3. The number of fused-ring (bicyclic) bond motifs is 2. The molecule has 12 nitrogen and oxygen atoms in total. The molecule has 1 atom stereocenters. The minimum Gasteiger partial charge on any atom is -0.493 e. The van der Waals surface area contributed by atoms with Crippen molar-refractivity contribution in [1.82, 2.24) is 25.3 Å². The van der Waals surface area contributed by atoms with Gasteiger partial charge in [-0.05, 0) is 130 Å². The summed E-state index contributed by atoms with van der Waals surface area (Å²) in [5.74, 6) is 0.469. The minimum atomic E-state index is -0.450. The number of esters is 1. The van der Waals surface area contributed by atoms with Crippen LogP contribution >= 0.6 is 27.5 Å². The molecule has 2 aliphatic heterocycles. The average Bonchev–Trinajstić information content (AvgIpc) is 3.77. The lowest BCUT2D eigenvalue weighted by Crippen LogP contribution is -2.50. The van der Waals surface area contributed by atoms with Crippen molar-refractivity contribution < 1.29 is 37.8 Å². The topological polar surface area (TPSA) is 130 Å². The zero-order valence-corrected chi connectivity index (χ0v) is 47.5. The molecular formula is C60H76BrClFN5O7. The fourth-order valence-corrected chi connectivity index (χ4v) is 10.4. The first kappa shape index (κ1) is 59.9. The maximum absolute atomic E-state index is 13.7. The molecular weight excluding hydrogens is 1040 g/mol. The molecule has 0 aliphatic carbocycles. The second-order valence-corrected chi connectivity index (χ2v) is 19.9. The fourth-order valence-electron chi connectivity index (χ4n) is 9.92. The first-order chi connectivity index (χ1) is 36.2. The van der Waals surface area contributed by atoms with Gasteiger partial charge in [0, 0.05) is 94.7 Å². The molecule has 0 saturated carbocycles. The van der Waals surface area contributed by atoms with Crippen LogP contribution in [0.15, 0.2) is 96.2 Å². The minimum absolute atomic E-state index is 0.00106. The number of benzene rings is 4. The third-order valence-corrected chi connectivity index (χ3v) is 14.2. The van der Waals surface area contributed by atoms with Crippen molar-refractivity contribution in [1.29, 1.82) is 0 Å². The van der Waals surface area contributed by atoms with E-state index in [1.165, 1.54) is 12.1 Å². The molecule has 2 N–H and O–H groups in total. The van der Waals surface area contributed by atoms with Gasteiger partial charge in [-0.25, -0.2) is 9.18 Å². The van der Waals surface area contributed by atoms with Crippen LogP contribution in [0.5, 0.6) is 11.5 Å². The number of carbonyl (C=O) groups is 4. The Morgan fingerprint density at radius 3 is 2.32 bits per heavy atom. The second kappa shape index (κ2) is 30.0. The number of rotatable bonds is 24. The van der Waals surface area contributed by atoms with Crippen molar-refractivity contribution in [3.8, 4) is 11.5 Å². The van der Waals surface area contributed by atoms with E-state index in [-0.39, 0.29) is 36.8 Å². The van der Waals surface area contributed by atoms with Gasteiger partial charge in [-0.1, -0.05) is 105 Å². The van der Waals surface area contributed by atoms with E-state index >= 15 is 0 Å². The Balaban J connectivity index is 0.000000282. The van der Waals surface area contributed by atoms with E-state index in [1.54, 1.807) is 6.07 Å². The average molecular weight is 1110 g/mol. The molecule has 4 aromatic carbocycles. The molecule has 3 amide bonds. The van der Waals surface area contributed by atoms with E-state index < -0.39 is 6.04 Å². The molecule has 4 aromatic rings. The Labute approximate surface area is 457 Å². The van der Waals surface area contributed by atoms with Crippen molar-refractivity contribution in [2.24, 2.45) is 0 Å². The number of hydrogen-bond donors (Lipinski definition) is 2. The molecule has 1 saturated heterocycles. The molecule has 0 aromatic heterocycles. The summed E-state index contributed by atoms with van der Waals surface area (Å²) in [7, 11) is 1.87. The van der Waals surface area contributed by atoms with Crippen molar-refractivity contribution >= 4 is 79.3 Å². The lowest BCUT2D eigenvalue weighted by Gasteiger charge is -2.34. The number of imide groups is 1. The number of nitrogens with one attached hydrogen (secondary N) is 2. The number of piperazine rings is 1. The van der Waals surface area contributed by atoms with Gasteiger partial charge in [-0.2, -0.15) is 0 Å². The van der Waals surface area contributed by atoms with Gasteiger partial charge in [0.05, 0.1) is 6.61 Å². The first-order valence-corrected chi connectivity index (χ1v) is 27.7. The summed E-state index contributed by atoms with van der Waals surface area (Å²) in [4.78, 5) is 55.9. The third kappa shape index (κ3) is 15.6. The molecule has 0 bridgehead atoms. The summed E-state index contributed by atoms with van der Waals surface area (Å²) in [6.45, 7) is 24.0. The van der Waals surface area contributed by atoms with Crippen LogP contribution in [0.1, 0.15) is 114 Å². The predicted molar refractivity (Wildman–Crippen MR) is 305 cm³/mol. The number of allylic oxidation sites excluding steroid dienone is 5. The largest absolute Gasteiger partial charge is 0.493 e. The normalized spacial score (nSPS) is 15.0. The van der Waals surface area contributed by atoms with E-state index in [9.17, 15) is 23.6 Å². The predicted octanol–water partition coefficient (Wildman–Crippen LogP) is 12.1. The summed E-state index contributed by atoms with van der Waals surface area (Å²) in [5, 5.41) is 8.38. The van der Waals surface area contributed by atoms with Crippen LogP contribution in [0.3, 0.4) is 0 Å². The van der Waals surface area contributed by atoms with Crippen molar-refractivity contribution in [3.05, 3.63) is 135 Å². The Hall–Kier alpha value is -5.96. The lowest BCUT2D eigenvalue weighted by molar-refractivity contribution is -0.138. The molecule has 404 valence electrons. The smallest absolute Gasteiger partial charge is 0.334 e. The quantitative estimate of drug-likeness (QED) is 0.0175. The highest BCUT2D eigenvalue weighted by Crippen LogP contribution is 2.42. The van der Waals surface area contributed by atoms with Gasteiger partial charge in [-0.15, -0.1) is 0 Å². The monoisotopic (exact) mass is 1110 g/mol. The Morgan fingerprint density at radius 1 is 0.933 bits per heavy atom. The number of alkyl halides is 1. The van der Waals surface area contributed by atoms with Crippen LogP contribution in [0.25, 0.3) is 27.6 Å². The maximum atomic E-state index is 13.7. The second-order valence-electron chi connectivity index (χ2n) is 18.7. The van der Waals surface area contributed by atoms with E-state index in [2.05, 4.69) is 62.9 Å². The first-order valence-electron chi connectivity index (χ1n) is 26.2. The highest BCUT2D eigenvalue weighted by Gasteiger charge is 2.35. The third-order valence-electron chi connectivity index (χ3n) is 13.6. The molecule has 1 unspecified atom stereocenters. The van der Waals surface area contributed by atoms with Crippen molar-refractivity contribution in [2.45, 2.75) is 106 Å². The summed E-state index contributed by atoms with van der Waals surface area (Å²) in [5.41, 5.74) is 10.1. The van der Waals surface area contributed by atoms with Gasteiger partial charge in [-0.3, -0.25) is 24.6 Å². The summed E-state index contributed by atoms with van der Waals surface area (Å²) < 4.78 is 31.5. The zero-order valence-electron chi connectivity index (χ0n) is 45.1. The Bertz CT molecular complexity index is 2750. The van der Waals surface area contributed by atoms with Crippen LogP contribution in [0, 0.1) is 12.7 Å². The maximum Gasteiger partial charge on any atom is 0.334 e. The van der Waals surface area contributed by atoms with Gasteiger partial charge in [0.2, 0.25) is 12.3 Å². The van der Waals surface area contributed by atoms with Crippen LogP contribution in [0.2, 0.25) is 5.02 Å². The number of hydrogen-bond acceptors (Lipinski definition) is 10. The van der Waals surface area contributed by atoms with Gasteiger partial charge >= 0.3 is 5.97 Å².